The van der Waals surface area contributed by atoms with Gasteiger partial charge in [0.25, 0.3) is 11.8 Å². The number of carbonyl (C=O) groups is 2. The van der Waals surface area contributed by atoms with Crippen LogP contribution in [0, 0.1) is 6.92 Å². The van der Waals surface area contributed by atoms with E-state index < -0.39 is 0 Å². The van der Waals surface area contributed by atoms with Crippen molar-refractivity contribution in [3.8, 4) is 0 Å². The normalized spacial score (nSPS) is 11.7. The summed E-state index contributed by atoms with van der Waals surface area (Å²) in [7, 11) is 1.53. The lowest BCUT2D eigenvalue weighted by Gasteiger charge is -2.14. The molecule has 138 valence electrons. The lowest BCUT2D eigenvalue weighted by atomic mass is 9.96. The van der Waals surface area contributed by atoms with Crippen molar-refractivity contribution in [2.45, 2.75) is 19.8 Å². The first kappa shape index (κ1) is 18.3. The molecule has 0 aliphatic heterocycles. The van der Waals surface area contributed by atoms with E-state index in [4.69, 9.17) is 0 Å². The number of rotatable bonds is 5. The van der Waals surface area contributed by atoms with Crippen LogP contribution < -0.4 is 10.6 Å². The van der Waals surface area contributed by atoms with Gasteiger partial charge in [0.2, 0.25) is 0 Å². The molecule has 7 heteroatoms. The van der Waals surface area contributed by atoms with Crippen LogP contribution >= 0.6 is 0 Å². The standard InChI is InChI=1S/C20H21N5O2/c1-12(14-7-5-4-6-8-14)16-9-15(10-17(23-16)20(27)21-3)19(26)24-18-11-22-25-13(18)2/h4-12H,1-3H3,(H,21,27)(H,22,25)(H,24,26)/t12-/m0/s1. The van der Waals surface area contributed by atoms with Crippen LogP contribution in [0.3, 0.4) is 0 Å². The number of hydrogen-bond acceptors (Lipinski definition) is 4. The molecule has 3 N–H and O–H groups in total. The predicted molar refractivity (Wildman–Crippen MR) is 103 cm³/mol. The highest BCUT2D eigenvalue weighted by Gasteiger charge is 2.18. The molecular weight excluding hydrogens is 342 g/mol. The molecule has 2 amide bonds. The summed E-state index contributed by atoms with van der Waals surface area (Å²) in [4.78, 5) is 29.3. The van der Waals surface area contributed by atoms with Crippen molar-refractivity contribution in [3.63, 3.8) is 0 Å². The van der Waals surface area contributed by atoms with Crippen LogP contribution in [0.1, 0.15) is 50.6 Å². The fourth-order valence-electron chi connectivity index (χ4n) is 2.73. The van der Waals surface area contributed by atoms with Crippen molar-refractivity contribution in [3.05, 3.63) is 76.9 Å². The molecule has 7 nitrogen and oxygen atoms in total. The van der Waals surface area contributed by atoms with Gasteiger partial charge in [-0.1, -0.05) is 37.3 Å². The van der Waals surface area contributed by atoms with Crippen molar-refractivity contribution < 1.29 is 9.59 Å². The number of aryl methyl sites for hydroxylation is 1. The van der Waals surface area contributed by atoms with Crippen LogP contribution in [-0.2, 0) is 0 Å². The number of aromatic amines is 1. The van der Waals surface area contributed by atoms with Crippen molar-refractivity contribution in [1.29, 1.82) is 0 Å². The molecule has 2 aromatic heterocycles. The van der Waals surface area contributed by atoms with Gasteiger partial charge in [-0.05, 0) is 24.6 Å². The van der Waals surface area contributed by atoms with Crippen molar-refractivity contribution in [2.24, 2.45) is 0 Å². The van der Waals surface area contributed by atoms with Gasteiger partial charge in [0.15, 0.2) is 0 Å². The van der Waals surface area contributed by atoms with E-state index in [0.29, 0.717) is 16.9 Å². The summed E-state index contributed by atoms with van der Waals surface area (Å²) in [6.45, 7) is 3.81. The molecule has 1 atom stereocenters. The van der Waals surface area contributed by atoms with Crippen LogP contribution in [-0.4, -0.2) is 34.0 Å². The first-order chi connectivity index (χ1) is 13.0. The number of H-pyrrole nitrogens is 1. The average Bonchev–Trinajstić information content (AvgIpc) is 3.11. The Labute approximate surface area is 157 Å². The first-order valence-corrected chi connectivity index (χ1v) is 8.60. The SMILES string of the molecule is CNC(=O)c1cc(C(=O)Nc2cn[nH]c2C)cc([C@@H](C)c2ccccc2)n1. The molecule has 0 fully saturated rings. The molecule has 3 aromatic rings. The third-order valence-corrected chi connectivity index (χ3v) is 4.39. The van der Waals surface area contributed by atoms with Crippen molar-refractivity contribution >= 4 is 17.5 Å². The maximum atomic E-state index is 12.7. The molecule has 2 heterocycles. The summed E-state index contributed by atoms with van der Waals surface area (Å²) in [6, 6.07) is 13.0. The number of carbonyl (C=O) groups excluding carboxylic acids is 2. The molecule has 0 spiro atoms. The van der Waals surface area contributed by atoms with E-state index in [2.05, 4.69) is 25.8 Å². The van der Waals surface area contributed by atoms with E-state index in [1.807, 2.05) is 44.2 Å². The van der Waals surface area contributed by atoms with Gasteiger partial charge in [-0.2, -0.15) is 5.10 Å². The Morgan fingerprint density at radius 3 is 2.48 bits per heavy atom. The predicted octanol–water partition coefficient (Wildman–Crippen LogP) is 2.88. The maximum absolute atomic E-state index is 12.7. The van der Waals surface area contributed by atoms with Gasteiger partial charge in [-0.3, -0.25) is 14.7 Å². The number of anilines is 1. The topological polar surface area (TPSA) is 99.8 Å². The molecule has 0 saturated heterocycles. The zero-order valence-electron chi connectivity index (χ0n) is 15.4. The molecule has 0 aliphatic rings. The fraction of sp³-hybridized carbons (Fsp3) is 0.200. The van der Waals surface area contributed by atoms with E-state index in [9.17, 15) is 9.59 Å². The molecule has 0 bridgehead atoms. The number of aromatic nitrogens is 3. The summed E-state index contributed by atoms with van der Waals surface area (Å²) < 4.78 is 0. The Morgan fingerprint density at radius 1 is 1.11 bits per heavy atom. The lowest BCUT2D eigenvalue weighted by molar-refractivity contribution is 0.0958. The quantitative estimate of drug-likeness (QED) is 0.649. The van der Waals surface area contributed by atoms with Gasteiger partial charge in [-0.25, -0.2) is 4.98 Å². The minimum Gasteiger partial charge on any atom is -0.354 e. The zero-order valence-corrected chi connectivity index (χ0v) is 15.4. The number of amides is 2. The molecule has 0 saturated carbocycles. The van der Waals surface area contributed by atoms with Gasteiger partial charge in [0.1, 0.15) is 5.69 Å². The van der Waals surface area contributed by atoms with E-state index >= 15 is 0 Å². The second-order valence-corrected chi connectivity index (χ2v) is 6.24. The van der Waals surface area contributed by atoms with Crippen LogP contribution in [0.5, 0.6) is 0 Å². The minimum absolute atomic E-state index is 0.0713. The number of nitrogens with zero attached hydrogens (tertiary/aromatic N) is 2. The molecule has 1 aromatic carbocycles. The van der Waals surface area contributed by atoms with Crippen molar-refractivity contribution in [1.82, 2.24) is 20.5 Å². The summed E-state index contributed by atoms with van der Waals surface area (Å²) in [5.74, 6) is -0.739. The van der Waals surface area contributed by atoms with Crippen molar-refractivity contribution in [2.75, 3.05) is 12.4 Å². The zero-order chi connectivity index (χ0) is 19.4. The Bertz CT molecular complexity index is 966. The van der Waals surface area contributed by atoms with E-state index in [0.717, 1.165) is 11.3 Å². The van der Waals surface area contributed by atoms with Gasteiger partial charge >= 0.3 is 0 Å². The Balaban J connectivity index is 1.99. The molecule has 0 aliphatic carbocycles. The first-order valence-electron chi connectivity index (χ1n) is 8.60. The van der Waals surface area contributed by atoms with E-state index in [1.54, 1.807) is 12.3 Å². The Kier molecular flexibility index (Phi) is 5.30. The number of hydrogen-bond donors (Lipinski definition) is 3. The average molecular weight is 363 g/mol. The monoisotopic (exact) mass is 363 g/mol. The minimum atomic E-state index is -0.342. The van der Waals surface area contributed by atoms with Crippen LogP contribution in [0.4, 0.5) is 5.69 Å². The molecule has 0 unspecified atom stereocenters. The Hall–Kier alpha value is -3.48. The van der Waals surface area contributed by atoms with Gasteiger partial charge in [0.05, 0.1) is 17.6 Å². The number of benzene rings is 1. The largest absolute Gasteiger partial charge is 0.354 e. The summed E-state index contributed by atoms with van der Waals surface area (Å²) in [5.41, 5.74) is 3.61. The van der Waals surface area contributed by atoms with Gasteiger partial charge < -0.3 is 10.6 Å². The third-order valence-electron chi connectivity index (χ3n) is 4.39. The van der Waals surface area contributed by atoms with E-state index in [-0.39, 0.29) is 23.4 Å². The molecular formula is C20H21N5O2. The van der Waals surface area contributed by atoms with Crippen LogP contribution in [0.2, 0.25) is 0 Å². The third kappa shape index (κ3) is 4.03. The summed E-state index contributed by atoms with van der Waals surface area (Å²) in [5, 5.41) is 12.0. The highest BCUT2D eigenvalue weighted by Crippen LogP contribution is 2.24. The highest BCUT2D eigenvalue weighted by atomic mass is 16.2. The maximum Gasteiger partial charge on any atom is 0.269 e. The van der Waals surface area contributed by atoms with Gasteiger partial charge in [-0.15, -0.1) is 0 Å². The van der Waals surface area contributed by atoms with E-state index in [1.165, 1.54) is 13.1 Å². The smallest absolute Gasteiger partial charge is 0.269 e. The lowest BCUT2D eigenvalue weighted by Crippen LogP contribution is -2.22. The highest BCUT2D eigenvalue weighted by molar-refractivity contribution is 6.06. The Morgan fingerprint density at radius 2 is 1.85 bits per heavy atom. The van der Waals surface area contributed by atoms with Crippen LogP contribution in [0.25, 0.3) is 0 Å². The molecule has 0 radical (unpaired) electrons. The number of pyridine rings is 1. The second kappa shape index (κ2) is 7.82. The molecule has 27 heavy (non-hydrogen) atoms. The fourth-order valence-corrected chi connectivity index (χ4v) is 2.73. The van der Waals surface area contributed by atoms with Gasteiger partial charge in [0, 0.05) is 24.2 Å². The second-order valence-electron chi connectivity index (χ2n) is 6.24. The summed E-state index contributed by atoms with van der Waals surface area (Å²) in [6.07, 6.45) is 1.54. The summed E-state index contributed by atoms with van der Waals surface area (Å²) >= 11 is 0. The van der Waals surface area contributed by atoms with Crippen LogP contribution in [0.15, 0.2) is 48.7 Å². The molecule has 3 rings (SSSR count). The number of nitrogens with one attached hydrogen (secondary N) is 3.